The van der Waals surface area contributed by atoms with Crippen molar-refractivity contribution in [1.82, 2.24) is 20.4 Å². The molecule has 0 radical (unpaired) electrons. The van der Waals surface area contributed by atoms with E-state index in [1.54, 1.807) is 62.8 Å². The summed E-state index contributed by atoms with van der Waals surface area (Å²) in [4.78, 5) is 57.7. The predicted molar refractivity (Wildman–Crippen MR) is 325 cm³/mol. The Hall–Kier alpha value is -8.84. The highest BCUT2D eigenvalue weighted by atomic mass is 19.2. The SMILES string of the molecule is CCN1CCCC1CNc1ccc(C(=O)NC2C/C(=C\c3cc(F)c(F)c(F)c3)C(=O)/C(=C/c3cc(F)c(F)c(F)c3)C2)cc1.COCCN(CCOC)CCOc1ccc(C(=O)NC2C/C(=C\c3cc(F)c(F)c(F)c3)C(=O)/C(=C/c3cc(F)c(F)c(F)c3)C2)cc1. The number of benzene rings is 6. The number of rotatable bonds is 22. The molecule has 2 aliphatic carbocycles. The number of amides is 2. The summed E-state index contributed by atoms with van der Waals surface area (Å²) in [6, 6.07) is 17.9. The molecule has 12 nitrogen and oxygen atoms in total. The average Bonchev–Trinajstić information content (AvgIpc) is 1.44. The Morgan fingerprint density at radius 1 is 0.505 bits per heavy atom. The number of Topliss-reactive ketones (excluding diaryl/α,β-unsaturated/α-hetero) is 2. The van der Waals surface area contributed by atoms with Gasteiger partial charge in [-0.2, -0.15) is 0 Å². The second-order valence-corrected chi connectivity index (χ2v) is 22.3. The second kappa shape index (κ2) is 32.6. The van der Waals surface area contributed by atoms with Crippen LogP contribution in [-0.2, 0) is 19.1 Å². The van der Waals surface area contributed by atoms with Crippen LogP contribution in [0.3, 0.4) is 0 Å². The van der Waals surface area contributed by atoms with Crippen molar-refractivity contribution in [2.45, 2.75) is 63.6 Å². The minimum atomic E-state index is -1.68. The molecule has 1 saturated heterocycles. The number of ether oxygens (including phenoxy) is 3. The van der Waals surface area contributed by atoms with Crippen LogP contribution in [0.2, 0.25) is 0 Å². The standard InChI is InChI=1S/C35H34F6N2O5.C34H31F6N3O2/c1-46-10-7-43(8-11-47-2)9-12-48-27-5-3-23(4-6-27)35(45)42-26-19-24(13-21-15-28(36)32(40)29(37)16-21)34(44)25(20-26)14-22-17-30(38)33(41)31(39)18-22;1-2-43-9-3-4-26(43)18-41-24-7-5-21(6-8-24)34(45)42-25-16-22(10-19-12-27(35)31(39)28(36)13-19)33(44)23(17-25)11-20-14-29(37)32(40)30(38)15-20/h3-6,13-18,26H,7-12,19-20H2,1-2H3,(H,42,45);5-8,10-15,25-26,41H,2-4,9,16-18H2,1H3,(H,42,45)/b24-13+,25-14+;22-10+,23-11+. The van der Waals surface area contributed by atoms with E-state index in [2.05, 4.69) is 32.7 Å². The normalized spacial score (nSPS) is 18.6. The highest BCUT2D eigenvalue weighted by molar-refractivity contribution is 6.15. The van der Waals surface area contributed by atoms with Crippen LogP contribution in [0.25, 0.3) is 24.3 Å². The van der Waals surface area contributed by atoms with Gasteiger partial charge in [-0.25, -0.2) is 52.7 Å². The molecule has 1 aliphatic heterocycles. The van der Waals surface area contributed by atoms with Crippen molar-refractivity contribution in [2.24, 2.45) is 0 Å². The van der Waals surface area contributed by atoms with Gasteiger partial charge in [0.15, 0.2) is 81.4 Å². The summed E-state index contributed by atoms with van der Waals surface area (Å²) in [5.74, 6) is -20.1. The zero-order valence-corrected chi connectivity index (χ0v) is 50.7. The van der Waals surface area contributed by atoms with E-state index < -0.39 is 105 Å². The van der Waals surface area contributed by atoms with E-state index >= 15 is 0 Å². The number of halogens is 12. The molecular formula is C69H65F12N5O7. The summed E-state index contributed by atoms with van der Waals surface area (Å²) in [5, 5.41) is 9.06. The number of likely N-dealkylation sites (tertiary alicyclic amines) is 1. The summed E-state index contributed by atoms with van der Waals surface area (Å²) in [7, 11) is 3.25. The number of likely N-dealkylation sites (N-methyl/N-ethyl adjacent to an activating group) is 1. The molecule has 6 aromatic carbocycles. The summed E-state index contributed by atoms with van der Waals surface area (Å²) >= 11 is 0. The Morgan fingerprint density at radius 3 is 1.17 bits per heavy atom. The highest BCUT2D eigenvalue weighted by Gasteiger charge is 2.32. The van der Waals surface area contributed by atoms with Gasteiger partial charge in [0.2, 0.25) is 0 Å². The van der Waals surface area contributed by atoms with E-state index in [1.807, 2.05) is 0 Å². The average molecular weight is 1300 g/mol. The maximum atomic E-state index is 13.9. The molecular weight excluding hydrogens is 1240 g/mol. The van der Waals surface area contributed by atoms with Crippen LogP contribution in [0.15, 0.2) is 119 Å². The lowest BCUT2D eigenvalue weighted by Crippen LogP contribution is -2.39. The van der Waals surface area contributed by atoms with Crippen LogP contribution >= 0.6 is 0 Å². The predicted octanol–water partition coefficient (Wildman–Crippen LogP) is 13.2. The molecule has 0 aromatic heterocycles. The quantitative estimate of drug-likeness (QED) is 0.0342. The molecule has 6 aromatic rings. The van der Waals surface area contributed by atoms with E-state index in [1.165, 1.54) is 0 Å². The lowest BCUT2D eigenvalue weighted by atomic mass is 9.83. The maximum Gasteiger partial charge on any atom is 0.251 e. The van der Waals surface area contributed by atoms with Gasteiger partial charge >= 0.3 is 0 Å². The maximum absolute atomic E-state index is 13.9. The lowest BCUT2D eigenvalue weighted by molar-refractivity contribution is -0.113. The second-order valence-electron chi connectivity index (χ2n) is 22.3. The fourth-order valence-electron chi connectivity index (χ4n) is 11.0. The van der Waals surface area contributed by atoms with E-state index in [-0.39, 0.29) is 75.8 Å². The smallest absolute Gasteiger partial charge is 0.251 e. The van der Waals surface area contributed by atoms with Gasteiger partial charge in [-0.1, -0.05) is 6.92 Å². The van der Waals surface area contributed by atoms with Gasteiger partial charge in [-0.15, -0.1) is 0 Å². The monoisotopic (exact) mass is 1300 g/mol. The number of nitrogens with zero attached hydrogens (tertiary/aromatic N) is 2. The summed E-state index contributed by atoms with van der Waals surface area (Å²) in [5.41, 5.74) is 0.874. The molecule has 3 N–H and O–H groups in total. The van der Waals surface area contributed by atoms with E-state index in [0.717, 1.165) is 86.7 Å². The van der Waals surface area contributed by atoms with Crippen molar-refractivity contribution in [2.75, 3.05) is 78.6 Å². The van der Waals surface area contributed by atoms with Gasteiger partial charge in [-0.3, -0.25) is 29.0 Å². The molecule has 2 saturated carbocycles. The molecule has 24 heteroatoms. The van der Waals surface area contributed by atoms with Gasteiger partial charge in [0.25, 0.3) is 11.8 Å². The molecule has 3 aliphatic rings. The van der Waals surface area contributed by atoms with Crippen LogP contribution in [0.4, 0.5) is 58.4 Å². The van der Waals surface area contributed by atoms with Crippen LogP contribution in [0, 0.1) is 69.8 Å². The molecule has 2 amide bonds. The first-order valence-corrected chi connectivity index (χ1v) is 29.6. The Balaban J connectivity index is 0.000000239. The van der Waals surface area contributed by atoms with Crippen molar-refractivity contribution in [3.05, 3.63) is 223 Å². The minimum Gasteiger partial charge on any atom is -0.492 e. The van der Waals surface area contributed by atoms with Crippen molar-refractivity contribution < 1.29 is 86.1 Å². The number of ketones is 2. The third-order valence-electron chi connectivity index (χ3n) is 15.7. The number of carbonyl (C=O) groups excluding carboxylic acids is 4. The number of anilines is 1. The summed E-state index contributed by atoms with van der Waals surface area (Å²) in [6.45, 7) is 8.52. The zero-order valence-electron chi connectivity index (χ0n) is 50.7. The topological polar surface area (TPSA) is 139 Å². The summed E-state index contributed by atoms with van der Waals surface area (Å²) in [6.07, 6.45) is 6.62. The van der Waals surface area contributed by atoms with Crippen LogP contribution < -0.4 is 20.7 Å². The molecule has 0 spiro atoms. The largest absolute Gasteiger partial charge is 0.492 e. The third-order valence-corrected chi connectivity index (χ3v) is 15.7. The first-order valence-electron chi connectivity index (χ1n) is 29.6. The fourth-order valence-corrected chi connectivity index (χ4v) is 11.0. The number of carbonyl (C=O) groups is 4. The summed E-state index contributed by atoms with van der Waals surface area (Å²) < 4.78 is 181. The molecule has 93 heavy (non-hydrogen) atoms. The molecule has 1 unspecified atom stereocenters. The molecule has 492 valence electrons. The number of hydrogen-bond donors (Lipinski definition) is 3. The van der Waals surface area contributed by atoms with Gasteiger partial charge in [-0.05, 0) is 195 Å². The third kappa shape index (κ3) is 18.9. The fraction of sp³-hybridized carbons (Fsp3) is 0.304. The number of methoxy groups -OCH3 is 2. The van der Waals surface area contributed by atoms with Gasteiger partial charge in [0, 0.05) is 97.6 Å². The first kappa shape index (κ1) is 70.0. The Kier molecular flexibility index (Phi) is 24.6. The Labute approximate surface area is 528 Å². The van der Waals surface area contributed by atoms with Crippen molar-refractivity contribution in [3.8, 4) is 5.75 Å². The number of hydrogen-bond acceptors (Lipinski definition) is 10. The van der Waals surface area contributed by atoms with Crippen molar-refractivity contribution >= 4 is 53.4 Å². The van der Waals surface area contributed by atoms with E-state index in [9.17, 15) is 71.9 Å². The highest BCUT2D eigenvalue weighted by Crippen LogP contribution is 2.33. The van der Waals surface area contributed by atoms with Crippen LogP contribution in [0.1, 0.15) is 88.4 Å². The van der Waals surface area contributed by atoms with Crippen LogP contribution in [0.5, 0.6) is 5.75 Å². The van der Waals surface area contributed by atoms with Crippen LogP contribution in [-0.4, -0.2) is 125 Å². The van der Waals surface area contributed by atoms with E-state index in [4.69, 9.17) is 14.2 Å². The molecule has 3 fully saturated rings. The first-order chi connectivity index (χ1) is 44.5. The van der Waals surface area contributed by atoms with Crippen molar-refractivity contribution in [1.29, 1.82) is 0 Å². The van der Waals surface area contributed by atoms with Crippen molar-refractivity contribution in [3.63, 3.8) is 0 Å². The van der Waals surface area contributed by atoms with Gasteiger partial charge < -0.3 is 30.2 Å². The minimum absolute atomic E-state index is 0.0128. The molecule has 1 heterocycles. The van der Waals surface area contributed by atoms with Gasteiger partial charge in [0.05, 0.1) is 13.2 Å². The molecule has 9 rings (SSSR count). The van der Waals surface area contributed by atoms with E-state index in [0.29, 0.717) is 81.1 Å². The zero-order chi connectivity index (χ0) is 67.0. The lowest BCUT2D eigenvalue weighted by Gasteiger charge is -2.27. The Bertz CT molecular complexity index is 3580. The number of nitrogens with one attached hydrogen (secondary N) is 3. The van der Waals surface area contributed by atoms with Gasteiger partial charge in [0.1, 0.15) is 12.4 Å². The molecule has 0 bridgehead atoms. The molecule has 1 atom stereocenters. The Morgan fingerprint density at radius 2 is 0.839 bits per heavy atom.